The van der Waals surface area contributed by atoms with E-state index in [1.807, 2.05) is 0 Å². The monoisotopic (exact) mass is 216 g/mol. The molecule has 1 aromatic heterocycles. The summed E-state index contributed by atoms with van der Waals surface area (Å²) in [5.41, 5.74) is 6.60. The summed E-state index contributed by atoms with van der Waals surface area (Å²) in [5.74, 6) is 0.257. The minimum atomic E-state index is -0.253. The van der Waals surface area contributed by atoms with Gasteiger partial charge < -0.3 is 11.1 Å². The van der Waals surface area contributed by atoms with Gasteiger partial charge in [-0.05, 0) is 12.1 Å². The molecule has 1 amide bonds. The summed E-state index contributed by atoms with van der Waals surface area (Å²) in [7, 11) is 1.78. The zero-order valence-corrected chi connectivity index (χ0v) is 8.84. The first-order valence-corrected chi connectivity index (χ1v) is 4.82. The Morgan fingerprint density at radius 2 is 2.12 bits per heavy atom. The van der Waals surface area contributed by atoms with E-state index in [-0.39, 0.29) is 5.91 Å². The number of aromatic nitrogens is 2. The topological polar surface area (TPSA) is 72.9 Å². The van der Waals surface area contributed by atoms with Gasteiger partial charge >= 0.3 is 0 Å². The first kappa shape index (κ1) is 10.2. The molecule has 0 radical (unpaired) electrons. The lowest BCUT2D eigenvalue weighted by molar-refractivity contribution is 0.102. The van der Waals surface area contributed by atoms with Crippen molar-refractivity contribution in [1.29, 1.82) is 0 Å². The van der Waals surface area contributed by atoms with Crippen LogP contribution in [0.25, 0.3) is 0 Å². The van der Waals surface area contributed by atoms with Gasteiger partial charge in [0, 0.05) is 25.0 Å². The number of hydrogen-bond donors (Lipinski definition) is 2. The molecule has 82 valence electrons. The van der Waals surface area contributed by atoms with Crippen LogP contribution >= 0.6 is 0 Å². The number of nitrogens with two attached hydrogens (primary N) is 1. The summed E-state index contributed by atoms with van der Waals surface area (Å²) in [6, 6.07) is 8.63. The van der Waals surface area contributed by atoms with Crippen molar-refractivity contribution in [1.82, 2.24) is 9.78 Å². The molecule has 0 saturated carbocycles. The number of rotatable bonds is 2. The average molecular weight is 216 g/mol. The largest absolute Gasteiger partial charge is 0.398 e. The smallest absolute Gasteiger partial charge is 0.258 e. The molecule has 16 heavy (non-hydrogen) atoms. The SMILES string of the molecule is Cn1ccc(NC(=O)c2ccccc2N)n1. The van der Waals surface area contributed by atoms with Crippen LogP contribution in [0.5, 0.6) is 0 Å². The highest BCUT2D eigenvalue weighted by molar-refractivity contribution is 6.07. The Balaban J connectivity index is 2.18. The van der Waals surface area contributed by atoms with Gasteiger partial charge in [0.05, 0.1) is 5.56 Å². The third-order valence-electron chi connectivity index (χ3n) is 2.16. The normalized spacial score (nSPS) is 10.1. The standard InChI is InChI=1S/C11H12N4O/c1-15-7-6-10(14-15)13-11(16)8-4-2-3-5-9(8)12/h2-7H,12H2,1H3,(H,13,14,16). The number of anilines is 2. The highest BCUT2D eigenvalue weighted by atomic mass is 16.1. The molecule has 0 fully saturated rings. The van der Waals surface area contributed by atoms with E-state index in [4.69, 9.17) is 5.73 Å². The number of amides is 1. The van der Waals surface area contributed by atoms with E-state index < -0.39 is 0 Å². The zero-order chi connectivity index (χ0) is 11.5. The maximum atomic E-state index is 11.8. The third kappa shape index (κ3) is 2.03. The average Bonchev–Trinajstić information content (AvgIpc) is 2.64. The molecule has 1 aromatic carbocycles. The van der Waals surface area contributed by atoms with E-state index in [1.165, 1.54) is 0 Å². The fourth-order valence-electron chi connectivity index (χ4n) is 1.37. The molecule has 5 heteroatoms. The highest BCUT2D eigenvalue weighted by Crippen LogP contribution is 2.12. The summed E-state index contributed by atoms with van der Waals surface area (Å²) < 4.78 is 1.62. The van der Waals surface area contributed by atoms with Crippen molar-refractivity contribution in [2.24, 2.45) is 7.05 Å². The van der Waals surface area contributed by atoms with Gasteiger partial charge in [-0.2, -0.15) is 5.10 Å². The van der Waals surface area contributed by atoms with Crippen molar-refractivity contribution in [2.45, 2.75) is 0 Å². The summed E-state index contributed by atoms with van der Waals surface area (Å²) in [6.45, 7) is 0. The Hall–Kier alpha value is -2.30. The Bertz CT molecular complexity index is 518. The van der Waals surface area contributed by atoms with E-state index >= 15 is 0 Å². The quantitative estimate of drug-likeness (QED) is 0.742. The van der Waals surface area contributed by atoms with Crippen LogP contribution in [0.4, 0.5) is 11.5 Å². The molecular weight excluding hydrogens is 204 g/mol. The Kier molecular flexibility index (Phi) is 2.59. The molecule has 2 aromatic rings. The second-order valence-corrected chi connectivity index (χ2v) is 3.42. The van der Waals surface area contributed by atoms with E-state index in [2.05, 4.69) is 10.4 Å². The minimum Gasteiger partial charge on any atom is -0.398 e. The second kappa shape index (κ2) is 4.06. The van der Waals surface area contributed by atoms with E-state index in [9.17, 15) is 4.79 Å². The number of nitrogens with one attached hydrogen (secondary N) is 1. The molecule has 0 bridgehead atoms. The molecule has 0 aliphatic rings. The van der Waals surface area contributed by atoms with Crippen LogP contribution in [0.2, 0.25) is 0 Å². The van der Waals surface area contributed by atoms with Gasteiger partial charge in [0.2, 0.25) is 0 Å². The number of hydrogen-bond acceptors (Lipinski definition) is 3. The maximum absolute atomic E-state index is 11.8. The minimum absolute atomic E-state index is 0.253. The lowest BCUT2D eigenvalue weighted by Gasteiger charge is -2.04. The predicted octanol–water partition coefficient (Wildman–Crippen LogP) is 1.25. The van der Waals surface area contributed by atoms with Gasteiger partial charge in [-0.15, -0.1) is 0 Å². The van der Waals surface area contributed by atoms with E-state index in [0.29, 0.717) is 17.1 Å². The number of nitrogen functional groups attached to an aromatic ring is 1. The third-order valence-corrected chi connectivity index (χ3v) is 2.16. The van der Waals surface area contributed by atoms with Gasteiger partial charge in [0.25, 0.3) is 5.91 Å². The molecular formula is C11H12N4O. The number of carbonyl (C=O) groups excluding carboxylic acids is 1. The van der Waals surface area contributed by atoms with Crippen molar-refractivity contribution in [2.75, 3.05) is 11.1 Å². The first-order valence-electron chi connectivity index (χ1n) is 4.82. The molecule has 5 nitrogen and oxygen atoms in total. The Morgan fingerprint density at radius 1 is 1.38 bits per heavy atom. The van der Waals surface area contributed by atoms with Gasteiger partial charge in [0.1, 0.15) is 0 Å². The van der Waals surface area contributed by atoms with Crippen molar-refractivity contribution in [3.05, 3.63) is 42.1 Å². The van der Waals surface area contributed by atoms with Crippen LogP contribution in [0.15, 0.2) is 36.5 Å². The van der Waals surface area contributed by atoms with Crippen LogP contribution in [0, 0.1) is 0 Å². The van der Waals surface area contributed by atoms with E-state index in [1.54, 1.807) is 48.3 Å². The van der Waals surface area contributed by atoms with Crippen molar-refractivity contribution >= 4 is 17.4 Å². The molecule has 0 unspecified atom stereocenters. The van der Waals surface area contributed by atoms with Gasteiger partial charge in [0.15, 0.2) is 5.82 Å². The van der Waals surface area contributed by atoms with Crippen LogP contribution in [0.3, 0.4) is 0 Å². The number of nitrogens with zero attached hydrogens (tertiary/aromatic N) is 2. The van der Waals surface area contributed by atoms with Gasteiger partial charge in [-0.25, -0.2) is 0 Å². The molecule has 2 rings (SSSR count). The van der Waals surface area contributed by atoms with Crippen LogP contribution in [-0.2, 0) is 7.05 Å². The number of para-hydroxylation sites is 1. The molecule has 0 spiro atoms. The summed E-state index contributed by atoms with van der Waals surface area (Å²) in [5, 5.41) is 6.72. The Labute approximate surface area is 92.9 Å². The van der Waals surface area contributed by atoms with Crippen molar-refractivity contribution in [3.8, 4) is 0 Å². The summed E-state index contributed by atoms with van der Waals surface area (Å²) in [6.07, 6.45) is 1.75. The maximum Gasteiger partial charge on any atom is 0.258 e. The van der Waals surface area contributed by atoms with Crippen LogP contribution in [0.1, 0.15) is 10.4 Å². The van der Waals surface area contributed by atoms with Crippen molar-refractivity contribution < 1.29 is 4.79 Å². The van der Waals surface area contributed by atoms with Gasteiger partial charge in [-0.3, -0.25) is 9.48 Å². The molecule has 1 heterocycles. The number of aryl methyl sites for hydroxylation is 1. The fraction of sp³-hybridized carbons (Fsp3) is 0.0909. The van der Waals surface area contributed by atoms with Crippen LogP contribution in [-0.4, -0.2) is 15.7 Å². The second-order valence-electron chi connectivity index (χ2n) is 3.42. The molecule has 0 aliphatic heterocycles. The molecule has 0 atom stereocenters. The number of carbonyl (C=O) groups is 1. The first-order chi connectivity index (χ1) is 7.66. The highest BCUT2D eigenvalue weighted by Gasteiger charge is 2.09. The predicted molar refractivity (Wildman–Crippen MR) is 62.0 cm³/mol. The fourth-order valence-corrected chi connectivity index (χ4v) is 1.37. The van der Waals surface area contributed by atoms with E-state index in [0.717, 1.165) is 0 Å². The molecule has 3 N–H and O–H groups in total. The molecule has 0 aliphatic carbocycles. The van der Waals surface area contributed by atoms with Crippen molar-refractivity contribution in [3.63, 3.8) is 0 Å². The van der Waals surface area contributed by atoms with Crippen LogP contribution < -0.4 is 11.1 Å². The zero-order valence-electron chi connectivity index (χ0n) is 8.84. The lowest BCUT2D eigenvalue weighted by Crippen LogP contribution is -2.14. The lowest BCUT2D eigenvalue weighted by atomic mass is 10.2. The summed E-state index contributed by atoms with van der Waals surface area (Å²) in [4.78, 5) is 11.8. The van der Waals surface area contributed by atoms with Gasteiger partial charge in [-0.1, -0.05) is 12.1 Å². The Morgan fingerprint density at radius 3 is 2.75 bits per heavy atom. The number of benzene rings is 1. The molecule has 0 saturated heterocycles. The summed E-state index contributed by atoms with van der Waals surface area (Å²) >= 11 is 0.